The van der Waals surface area contributed by atoms with Crippen molar-refractivity contribution >= 4 is 44.7 Å². The highest BCUT2D eigenvalue weighted by atomic mass is 79.9. The minimum atomic E-state index is -1.26. The molecule has 3 N–H and O–H groups in total. The molecular weight excluding hydrogens is 586 g/mol. The highest BCUT2D eigenvalue weighted by Crippen LogP contribution is 2.21. The molecule has 1 aromatic heterocycles. The lowest BCUT2D eigenvalue weighted by Crippen LogP contribution is -2.40. The van der Waals surface area contributed by atoms with Gasteiger partial charge in [-0.25, -0.2) is 10.5 Å². The van der Waals surface area contributed by atoms with E-state index in [9.17, 15) is 14.4 Å². The molecule has 1 heterocycles. The highest BCUT2D eigenvalue weighted by Gasteiger charge is 2.27. The van der Waals surface area contributed by atoms with Crippen molar-refractivity contribution in [2.45, 2.75) is 12.6 Å². The van der Waals surface area contributed by atoms with Crippen LogP contribution < -0.4 is 21.0 Å². The van der Waals surface area contributed by atoms with Crippen LogP contribution in [0, 0.1) is 0 Å². The lowest BCUT2D eigenvalue weighted by Gasteiger charge is -2.18. The molecule has 5 rings (SSSR count). The molecule has 4 aromatic carbocycles. The Balaban J connectivity index is 1.38. The number of H-pyrrole nitrogens is 1. The minimum Gasteiger partial charge on any atom is -0.488 e. The van der Waals surface area contributed by atoms with Gasteiger partial charge in [0.15, 0.2) is 6.04 Å². The van der Waals surface area contributed by atoms with E-state index in [0.717, 1.165) is 10.0 Å². The summed E-state index contributed by atoms with van der Waals surface area (Å²) in [6.45, 7) is 0.350. The molecular formula is C31H24BrN5O4. The number of fused-ring (bicyclic) bond motifs is 1. The summed E-state index contributed by atoms with van der Waals surface area (Å²) >= 11 is 3.42. The number of nitrogens with zero attached hydrogens (tertiary/aromatic N) is 2. The summed E-state index contributed by atoms with van der Waals surface area (Å²) in [7, 11) is 0. The summed E-state index contributed by atoms with van der Waals surface area (Å²) in [5.41, 5.74) is 4.26. The molecule has 10 heteroatoms. The Morgan fingerprint density at radius 1 is 0.902 bits per heavy atom. The van der Waals surface area contributed by atoms with Gasteiger partial charge in [-0.1, -0.05) is 76.6 Å². The third kappa shape index (κ3) is 6.74. The molecule has 204 valence electrons. The first-order chi connectivity index (χ1) is 20.0. The fourth-order valence-corrected chi connectivity index (χ4v) is 4.37. The minimum absolute atomic E-state index is 0.176. The second-order valence-corrected chi connectivity index (χ2v) is 9.86. The van der Waals surface area contributed by atoms with E-state index in [4.69, 9.17) is 4.74 Å². The topological polar surface area (TPSA) is 126 Å². The summed E-state index contributed by atoms with van der Waals surface area (Å²) in [6, 6.07) is 29.0. The third-order valence-electron chi connectivity index (χ3n) is 6.18. The number of para-hydroxylation sites is 1. The van der Waals surface area contributed by atoms with Crippen LogP contribution in [0.3, 0.4) is 0 Å². The molecule has 0 bridgehead atoms. The average Bonchev–Trinajstić information content (AvgIpc) is 3.01. The number of carbonyl (C=O) groups is 2. The predicted molar refractivity (Wildman–Crippen MR) is 160 cm³/mol. The number of hydrogen-bond acceptors (Lipinski definition) is 6. The first kappa shape index (κ1) is 27.5. The second-order valence-electron chi connectivity index (χ2n) is 8.94. The van der Waals surface area contributed by atoms with Crippen LogP contribution in [0.15, 0.2) is 117 Å². The Labute approximate surface area is 243 Å². The van der Waals surface area contributed by atoms with Crippen LogP contribution in [0.25, 0.3) is 10.8 Å². The van der Waals surface area contributed by atoms with E-state index in [-0.39, 0.29) is 5.69 Å². The molecule has 0 radical (unpaired) electrons. The normalized spacial score (nSPS) is 11.7. The van der Waals surface area contributed by atoms with Gasteiger partial charge in [0.2, 0.25) is 0 Å². The van der Waals surface area contributed by atoms with Crippen LogP contribution in [0.1, 0.15) is 33.2 Å². The van der Waals surface area contributed by atoms with Gasteiger partial charge in [-0.2, -0.15) is 10.2 Å². The quantitative estimate of drug-likeness (QED) is 0.162. The van der Waals surface area contributed by atoms with E-state index in [1.807, 2.05) is 36.4 Å². The monoisotopic (exact) mass is 609 g/mol. The van der Waals surface area contributed by atoms with Crippen molar-refractivity contribution in [2.75, 3.05) is 0 Å². The maximum atomic E-state index is 13.4. The zero-order valence-corrected chi connectivity index (χ0v) is 23.2. The fourth-order valence-electron chi connectivity index (χ4n) is 4.11. The number of benzene rings is 4. The second kappa shape index (κ2) is 12.8. The van der Waals surface area contributed by atoms with Gasteiger partial charge in [0.05, 0.1) is 11.6 Å². The Morgan fingerprint density at radius 3 is 2.37 bits per heavy atom. The van der Waals surface area contributed by atoms with E-state index in [1.54, 1.807) is 66.7 Å². The predicted octanol–water partition coefficient (Wildman–Crippen LogP) is 4.89. The fraction of sp³-hybridized carbons (Fsp3) is 0.0645. The Kier molecular flexibility index (Phi) is 8.61. The lowest BCUT2D eigenvalue weighted by atomic mass is 10.0. The maximum Gasteiger partial charge on any atom is 0.272 e. The maximum absolute atomic E-state index is 13.4. The average molecular weight is 610 g/mol. The largest absolute Gasteiger partial charge is 0.488 e. The number of aromatic nitrogens is 2. The van der Waals surface area contributed by atoms with Crippen LogP contribution in [0.4, 0.5) is 0 Å². The Morgan fingerprint density at radius 2 is 1.59 bits per heavy atom. The molecule has 0 aliphatic rings. The van der Waals surface area contributed by atoms with Gasteiger partial charge in [-0.05, 0) is 48.0 Å². The number of amides is 2. The standard InChI is InChI=1S/C31H24BrN5O4/c32-23-16-14-20(15-17-23)19-41-26-13-7-4-10-22(26)18-33-36-31(40)28(34-29(38)21-8-2-1-3-9-21)27-24-11-5-6-12-25(24)30(39)37-35-27/h1-18,28H,19H2,(H,34,38)(H,36,40)(H,37,39)/b33-18+. The van der Waals surface area contributed by atoms with Crippen molar-refractivity contribution in [3.63, 3.8) is 0 Å². The van der Waals surface area contributed by atoms with Crippen molar-refractivity contribution < 1.29 is 14.3 Å². The molecule has 41 heavy (non-hydrogen) atoms. The van der Waals surface area contributed by atoms with E-state index >= 15 is 0 Å². The Bertz CT molecular complexity index is 1770. The van der Waals surface area contributed by atoms with E-state index < -0.39 is 23.4 Å². The molecule has 9 nitrogen and oxygen atoms in total. The smallest absolute Gasteiger partial charge is 0.272 e. The van der Waals surface area contributed by atoms with Crippen LogP contribution >= 0.6 is 15.9 Å². The molecule has 0 aliphatic carbocycles. The number of nitrogens with one attached hydrogen (secondary N) is 3. The summed E-state index contributed by atoms with van der Waals surface area (Å²) in [5, 5.41) is 14.2. The van der Waals surface area contributed by atoms with E-state index in [2.05, 4.69) is 42.0 Å². The lowest BCUT2D eigenvalue weighted by molar-refractivity contribution is -0.123. The SMILES string of the molecule is O=C(NC(C(=O)N/N=C/c1ccccc1OCc1ccc(Br)cc1)c1n[nH]c(=O)c2ccccc12)c1ccccc1. The summed E-state index contributed by atoms with van der Waals surface area (Å²) in [6.07, 6.45) is 1.46. The number of carbonyl (C=O) groups excluding carboxylic acids is 2. The van der Waals surface area contributed by atoms with Gasteiger partial charge < -0.3 is 10.1 Å². The third-order valence-corrected chi connectivity index (χ3v) is 6.71. The molecule has 0 saturated carbocycles. The van der Waals surface area contributed by atoms with Crippen molar-refractivity contribution in [1.82, 2.24) is 20.9 Å². The number of hydrazone groups is 1. The van der Waals surface area contributed by atoms with Gasteiger partial charge in [0, 0.05) is 21.0 Å². The van der Waals surface area contributed by atoms with Crippen molar-refractivity contribution in [3.05, 3.63) is 140 Å². The van der Waals surface area contributed by atoms with Crippen molar-refractivity contribution in [2.24, 2.45) is 5.10 Å². The summed E-state index contributed by atoms with van der Waals surface area (Å²) in [4.78, 5) is 38.8. The zero-order chi connectivity index (χ0) is 28.6. The van der Waals surface area contributed by atoms with E-state index in [1.165, 1.54) is 6.21 Å². The van der Waals surface area contributed by atoms with Gasteiger partial charge in [0.1, 0.15) is 18.1 Å². The molecule has 0 spiro atoms. The van der Waals surface area contributed by atoms with E-state index in [0.29, 0.717) is 34.3 Å². The van der Waals surface area contributed by atoms with Gasteiger partial charge in [0.25, 0.3) is 17.4 Å². The molecule has 0 aliphatic heterocycles. The number of halogens is 1. The number of rotatable bonds is 9. The number of ether oxygens (including phenoxy) is 1. The van der Waals surface area contributed by atoms with Crippen LogP contribution in [-0.2, 0) is 11.4 Å². The number of hydrogen-bond donors (Lipinski definition) is 3. The van der Waals surface area contributed by atoms with Gasteiger partial charge in [-0.15, -0.1) is 0 Å². The highest BCUT2D eigenvalue weighted by molar-refractivity contribution is 9.10. The van der Waals surface area contributed by atoms with Crippen LogP contribution in [0.2, 0.25) is 0 Å². The van der Waals surface area contributed by atoms with Crippen LogP contribution in [-0.4, -0.2) is 28.2 Å². The van der Waals surface area contributed by atoms with Crippen molar-refractivity contribution in [3.8, 4) is 5.75 Å². The van der Waals surface area contributed by atoms with Crippen LogP contribution in [0.5, 0.6) is 5.75 Å². The first-order valence-electron chi connectivity index (χ1n) is 12.6. The zero-order valence-electron chi connectivity index (χ0n) is 21.6. The summed E-state index contributed by atoms with van der Waals surface area (Å²) in [5.74, 6) is -0.558. The van der Waals surface area contributed by atoms with Gasteiger partial charge >= 0.3 is 0 Å². The molecule has 2 amide bonds. The molecule has 5 aromatic rings. The summed E-state index contributed by atoms with van der Waals surface area (Å²) < 4.78 is 6.96. The number of aromatic amines is 1. The molecule has 0 saturated heterocycles. The molecule has 1 unspecified atom stereocenters. The van der Waals surface area contributed by atoms with Crippen molar-refractivity contribution in [1.29, 1.82) is 0 Å². The van der Waals surface area contributed by atoms with Gasteiger partial charge in [-0.3, -0.25) is 14.4 Å². The molecule has 1 atom stereocenters. The first-order valence-corrected chi connectivity index (χ1v) is 13.4. The Hall–Kier alpha value is -5.09. The molecule has 0 fully saturated rings.